The van der Waals surface area contributed by atoms with E-state index in [1.54, 1.807) is 0 Å². The molecule has 60 valence electrons. The summed E-state index contributed by atoms with van der Waals surface area (Å²) >= 11 is 0. The van der Waals surface area contributed by atoms with Gasteiger partial charge in [-0.15, -0.1) is 6.42 Å². The van der Waals surface area contributed by atoms with Crippen LogP contribution in [0.1, 0.15) is 25.0 Å². The highest BCUT2D eigenvalue weighted by Crippen LogP contribution is 2.11. The monoisotopic (exact) mass is 156 g/mol. The van der Waals surface area contributed by atoms with Crippen molar-refractivity contribution in [2.75, 3.05) is 0 Å². The van der Waals surface area contributed by atoms with Crippen LogP contribution in [0.4, 0.5) is 0 Å². The predicted molar refractivity (Wildman–Crippen MR) is 53.7 cm³/mol. The number of terminal acetylenes is 1. The first kappa shape index (κ1) is 8.62. The van der Waals surface area contributed by atoms with Gasteiger partial charge in [-0.25, -0.2) is 0 Å². The Labute approximate surface area is 73.9 Å². The second-order valence-corrected chi connectivity index (χ2v) is 2.95. The molecule has 0 saturated heterocycles. The van der Waals surface area contributed by atoms with E-state index in [-0.39, 0.29) is 0 Å². The Balaban J connectivity index is 3.17. The fraction of sp³-hybridized carbons (Fsp3) is 0.167. The van der Waals surface area contributed by atoms with Crippen molar-refractivity contribution >= 4 is 6.08 Å². The topological polar surface area (TPSA) is 0 Å². The van der Waals surface area contributed by atoms with E-state index in [0.29, 0.717) is 0 Å². The van der Waals surface area contributed by atoms with Crippen LogP contribution in [0.3, 0.4) is 0 Å². The normalized spacial score (nSPS) is 8.75. The van der Waals surface area contributed by atoms with Crippen LogP contribution < -0.4 is 0 Å². The van der Waals surface area contributed by atoms with Crippen LogP contribution in [0.2, 0.25) is 0 Å². The zero-order valence-electron chi connectivity index (χ0n) is 7.46. The third-order valence-electron chi connectivity index (χ3n) is 1.56. The second-order valence-electron chi connectivity index (χ2n) is 2.95. The summed E-state index contributed by atoms with van der Waals surface area (Å²) in [4.78, 5) is 0. The number of allylic oxidation sites excluding steroid dienone is 1. The van der Waals surface area contributed by atoms with E-state index >= 15 is 0 Å². The lowest BCUT2D eigenvalue weighted by atomic mass is 10.1. The molecule has 1 rings (SSSR count). The summed E-state index contributed by atoms with van der Waals surface area (Å²) in [6.45, 7) is 4.13. The van der Waals surface area contributed by atoms with Gasteiger partial charge in [-0.2, -0.15) is 0 Å². The number of benzene rings is 1. The third-order valence-corrected chi connectivity index (χ3v) is 1.56. The maximum absolute atomic E-state index is 5.35. The van der Waals surface area contributed by atoms with Crippen LogP contribution in [-0.2, 0) is 0 Å². The van der Waals surface area contributed by atoms with Gasteiger partial charge in [0, 0.05) is 5.56 Å². The third kappa shape index (κ3) is 2.00. The summed E-state index contributed by atoms with van der Waals surface area (Å²) in [6, 6.07) is 7.93. The molecule has 0 fully saturated rings. The van der Waals surface area contributed by atoms with Crippen molar-refractivity contribution in [3.05, 3.63) is 41.0 Å². The minimum atomic E-state index is 0.957. The molecular formula is C12H12. The predicted octanol–water partition coefficient (Wildman–Crippen LogP) is 3.09. The van der Waals surface area contributed by atoms with Crippen LogP contribution in [-0.4, -0.2) is 0 Å². The number of rotatable bonds is 1. The first-order valence-corrected chi connectivity index (χ1v) is 3.94. The fourth-order valence-corrected chi connectivity index (χ4v) is 1.07. The highest BCUT2D eigenvalue weighted by atomic mass is 14.0. The van der Waals surface area contributed by atoms with Crippen molar-refractivity contribution in [2.45, 2.75) is 13.8 Å². The molecule has 0 heterocycles. The standard InChI is InChI=1S/C12H12/c1-4-11-7-5-6-8-12(11)9-10(2)3/h1,5-9H,2-3H3. The molecule has 0 heteroatoms. The van der Waals surface area contributed by atoms with Crippen LogP contribution in [0, 0.1) is 12.3 Å². The quantitative estimate of drug-likeness (QED) is 0.548. The second kappa shape index (κ2) is 3.78. The lowest BCUT2D eigenvalue weighted by Gasteiger charge is -1.98. The first-order chi connectivity index (χ1) is 5.74. The average Bonchev–Trinajstić information content (AvgIpc) is 2.04. The van der Waals surface area contributed by atoms with Crippen LogP contribution in [0.5, 0.6) is 0 Å². The molecule has 0 atom stereocenters. The molecule has 0 amide bonds. The Morgan fingerprint density at radius 1 is 1.33 bits per heavy atom. The van der Waals surface area contributed by atoms with Crippen molar-refractivity contribution in [2.24, 2.45) is 0 Å². The summed E-state index contributed by atoms with van der Waals surface area (Å²) < 4.78 is 0. The zero-order valence-corrected chi connectivity index (χ0v) is 7.46. The lowest BCUT2D eigenvalue weighted by molar-refractivity contribution is 1.42. The zero-order chi connectivity index (χ0) is 8.97. The molecule has 0 aliphatic carbocycles. The molecule has 0 N–H and O–H groups in total. The Morgan fingerprint density at radius 2 is 2.00 bits per heavy atom. The summed E-state index contributed by atoms with van der Waals surface area (Å²) in [5.74, 6) is 2.66. The molecule has 0 nitrogen and oxygen atoms in total. The van der Waals surface area contributed by atoms with E-state index in [9.17, 15) is 0 Å². The van der Waals surface area contributed by atoms with Crippen molar-refractivity contribution in [1.29, 1.82) is 0 Å². The van der Waals surface area contributed by atoms with Gasteiger partial charge in [0.1, 0.15) is 0 Å². The molecule has 0 aromatic heterocycles. The number of hydrogen-bond donors (Lipinski definition) is 0. The summed E-state index contributed by atoms with van der Waals surface area (Å²) in [5, 5.41) is 0. The van der Waals surface area contributed by atoms with Crippen LogP contribution in [0.15, 0.2) is 29.8 Å². The van der Waals surface area contributed by atoms with E-state index in [0.717, 1.165) is 11.1 Å². The van der Waals surface area contributed by atoms with E-state index < -0.39 is 0 Å². The Kier molecular flexibility index (Phi) is 2.71. The molecule has 0 bridgehead atoms. The minimum Gasteiger partial charge on any atom is -0.115 e. The maximum Gasteiger partial charge on any atom is 0.0314 e. The molecule has 0 aliphatic rings. The lowest BCUT2D eigenvalue weighted by Crippen LogP contribution is -1.80. The van der Waals surface area contributed by atoms with Gasteiger partial charge >= 0.3 is 0 Å². The molecule has 12 heavy (non-hydrogen) atoms. The fourth-order valence-electron chi connectivity index (χ4n) is 1.07. The molecule has 1 aromatic rings. The molecule has 0 aliphatic heterocycles. The molecule has 0 spiro atoms. The molecular weight excluding hydrogens is 144 g/mol. The van der Waals surface area contributed by atoms with Crippen molar-refractivity contribution in [3.8, 4) is 12.3 Å². The van der Waals surface area contributed by atoms with Gasteiger partial charge < -0.3 is 0 Å². The van der Waals surface area contributed by atoms with E-state index in [1.807, 2.05) is 24.3 Å². The largest absolute Gasteiger partial charge is 0.115 e. The van der Waals surface area contributed by atoms with Crippen LogP contribution in [0.25, 0.3) is 6.08 Å². The molecule has 0 radical (unpaired) electrons. The smallest absolute Gasteiger partial charge is 0.0314 e. The van der Waals surface area contributed by atoms with Gasteiger partial charge in [-0.1, -0.05) is 35.8 Å². The number of hydrogen-bond acceptors (Lipinski definition) is 0. The van der Waals surface area contributed by atoms with Crippen molar-refractivity contribution in [1.82, 2.24) is 0 Å². The summed E-state index contributed by atoms with van der Waals surface area (Å²) in [7, 11) is 0. The van der Waals surface area contributed by atoms with Gasteiger partial charge in [0.25, 0.3) is 0 Å². The summed E-state index contributed by atoms with van der Waals surface area (Å²) in [5.41, 5.74) is 3.34. The van der Waals surface area contributed by atoms with Crippen LogP contribution >= 0.6 is 0 Å². The van der Waals surface area contributed by atoms with Crippen molar-refractivity contribution < 1.29 is 0 Å². The highest BCUT2D eigenvalue weighted by Gasteiger charge is 1.93. The van der Waals surface area contributed by atoms with Gasteiger partial charge in [-0.05, 0) is 25.5 Å². The van der Waals surface area contributed by atoms with Crippen molar-refractivity contribution in [3.63, 3.8) is 0 Å². The first-order valence-electron chi connectivity index (χ1n) is 3.94. The van der Waals surface area contributed by atoms with Gasteiger partial charge in [0.2, 0.25) is 0 Å². The Morgan fingerprint density at radius 3 is 2.58 bits per heavy atom. The van der Waals surface area contributed by atoms with E-state index in [2.05, 4.69) is 25.8 Å². The molecule has 0 saturated carbocycles. The van der Waals surface area contributed by atoms with E-state index in [4.69, 9.17) is 6.42 Å². The summed E-state index contributed by atoms with van der Waals surface area (Å²) in [6.07, 6.45) is 7.44. The highest BCUT2D eigenvalue weighted by molar-refractivity contribution is 5.60. The Bertz CT molecular complexity index is 333. The van der Waals surface area contributed by atoms with Gasteiger partial charge in [0.05, 0.1) is 0 Å². The van der Waals surface area contributed by atoms with Gasteiger partial charge in [-0.3, -0.25) is 0 Å². The molecule has 0 unspecified atom stereocenters. The average molecular weight is 156 g/mol. The minimum absolute atomic E-state index is 0.957. The SMILES string of the molecule is C#Cc1ccccc1C=C(C)C. The Hall–Kier alpha value is -1.48. The van der Waals surface area contributed by atoms with E-state index in [1.165, 1.54) is 5.57 Å². The maximum atomic E-state index is 5.35. The molecule has 1 aromatic carbocycles. The van der Waals surface area contributed by atoms with Gasteiger partial charge in [0.15, 0.2) is 0 Å².